The van der Waals surface area contributed by atoms with Gasteiger partial charge in [-0.2, -0.15) is 0 Å². The summed E-state index contributed by atoms with van der Waals surface area (Å²) < 4.78 is 14.1. The molecule has 0 atom stereocenters. The van der Waals surface area contributed by atoms with Gasteiger partial charge in [0, 0.05) is 42.6 Å². The number of halogens is 1. The molecule has 0 spiro atoms. The summed E-state index contributed by atoms with van der Waals surface area (Å²) in [4.78, 5) is 4.86. The van der Waals surface area contributed by atoms with Crippen molar-refractivity contribution in [3.05, 3.63) is 90.7 Å². The van der Waals surface area contributed by atoms with Crippen LogP contribution in [0.1, 0.15) is 45.4 Å². The van der Waals surface area contributed by atoms with Gasteiger partial charge in [0.2, 0.25) is 0 Å². The molecule has 2 aliphatic heterocycles. The normalized spacial score (nSPS) is 13.2. The molecule has 0 unspecified atom stereocenters. The number of fused-ring (bicyclic) bond motifs is 6. The summed E-state index contributed by atoms with van der Waals surface area (Å²) in [7, 11) is 0. The van der Waals surface area contributed by atoms with E-state index in [1.54, 1.807) is 23.9 Å². The molecule has 9 rings (SSSR count). The Morgan fingerprint density at radius 1 is 0.500 bits per heavy atom. The van der Waals surface area contributed by atoms with Gasteiger partial charge in [-0.15, -0.1) is 0 Å². The number of benzene rings is 7. The van der Waals surface area contributed by atoms with Gasteiger partial charge in [-0.05, 0) is 97.4 Å². The third kappa shape index (κ3) is 4.00. The number of nitrogens with one attached hydrogen (secondary N) is 1. The van der Waals surface area contributed by atoms with Crippen molar-refractivity contribution in [3.63, 3.8) is 0 Å². The largest absolute Gasteiger partial charge is 0.385 e. The Hall–Kier alpha value is -3.73. The van der Waals surface area contributed by atoms with E-state index in [4.69, 9.17) is 0 Å². The van der Waals surface area contributed by atoms with Crippen LogP contribution in [0.15, 0.2) is 105 Å². The van der Waals surface area contributed by atoms with Crippen LogP contribution in [-0.4, -0.2) is 6.54 Å². The monoisotopic (exact) mass is 609 g/mol. The molecule has 0 radical (unpaired) electrons. The van der Waals surface area contributed by atoms with Crippen LogP contribution >= 0.6 is 23.5 Å². The second-order valence-corrected chi connectivity index (χ2v) is 14.5. The molecule has 7 aromatic rings. The molecule has 7 aromatic carbocycles. The Morgan fingerprint density at radius 2 is 1.02 bits per heavy atom. The maximum Gasteiger partial charge on any atom is 0.124 e. The lowest BCUT2D eigenvalue weighted by Crippen LogP contribution is -2.02. The molecule has 1 nitrogen and oxygen atoms in total. The Bertz CT molecular complexity index is 2250. The standard InChI is InChI=1S/C40H32FNS2/c1-2-3-4-5-6-7-20-42-24-9-11-26-28-13-15-30-31-16-18-33-39-27(25-10-8-23(41)21-35(25)43-33)12-14-29(37(31)39)32-17-19-34(40(28)38(30)32)44-36(26)22-24/h8-19,21-22,42H,2-7,20H2,1H3. The molecule has 0 fully saturated rings. The van der Waals surface area contributed by atoms with E-state index < -0.39 is 0 Å². The lowest BCUT2D eigenvalue weighted by molar-refractivity contribution is 0.617. The van der Waals surface area contributed by atoms with E-state index >= 15 is 0 Å². The van der Waals surface area contributed by atoms with Gasteiger partial charge in [0.05, 0.1) is 0 Å². The van der Waals surface area contributed by atoms with E-state index in [0.29, 0.717) is 0 Å². The Morgan fingerprint density at radius 3 is 1.66 bits per heavy atom. The molecule has 2 heterocycles. The van der Waals surface area contributed by atoms with Crippen LogP contribution in [0.3, 0.4) is 0 Å². The summed E-state index contributed by atoms with van der Waals surface area (Å²) in [6, 6.07) is 30.6. The van der Waals surface area contributed by atoms with Gasteiger partial charge >= 0.3 is 0 Å². The number of hydrogen-bond donors (Lipinski definition) is 1. The van der Waals surface area contributed by atoms with Crippen LogP contribution in [0.4, 0.5) is 10.1 Å². The highest BCUT2D eigenvalue weighted by Crippen LogP contribution is 2.55. The summed E-state index contributed by atoms with van der Waals surface area (Å²) in [6.45, 7) is 3.30. The molecule has 1 N–H and O–H groups in total. The highest BCUT2D eigenvalue weighted by molar-refractivity contribution is 8.00. The van der Waals surface area contributed by atoms with Crippen LogP contribution < -0.4 is 5.32 Å². The van der Waals surface area contributed by atoms with Crippen molar-refractivity contribution < 1.29 is 4.39 Å². The van der Waals surface area contributed by atoms with E-state index in [1.165, 1.54) is 119 Å². The number of anilines is 1. The average molecular weight is 610 g/mol. The van der Waals surface area contributed by atoms with Crippen LogP contribution in [-0.2, 0) is 0 Å². The minimum atomic E-state index is -0.181. The predicted molar refractivity (Wildman–Crippen MR) is 189 cm³/mol. The molecule has 0 bridgehead atoms. The first-order valence-electron chi connectivity index (χ1n) is 15.9. The summed E-state index contributed by atoms with van der Waals surface area (Å²) in [5, 5.41) is 14.3. The topological polar surface area (TPSA) is 12.0 Å². The van der Waals surface area contributed by atoms with Crippen LogP contribution in [0.5, 0.6) is 0 Å². The third-order valence-corrected chi connectivity index (χ3v) is 11.9. The first-order chi connectivity index (χ1) is 21.7. The Labute approximate surface area is 265 Å². The fraction of sp³-hybridized carbons (Fsp3) is 0.200. The smallest absolute Gasteiger partial charge is 0.124 e. The van der Waals surface area contributed by atoms with E-state index in [9.17, 15) is 4.39 Å². The molecule has 0 aliphatic carbocycles. The van der Waals surface area contributed by atoms with E-state index in [1.807, 2.05) is 17.8 Å². The van der Waals surface area contributed by atoms with Gasteiger partial charge in [-0.25, -0.2) is 4.39 Å². The number of unbranched alkanes of at least 4 members (excludes halogenated alkanes) is 5. The van der Waals surface area contributed by atoms with Crippen LogP contribution in [0.2, 0.25) is 0 Å². The minimum Gasteiger partial charge on any atom is -0.385 e. The lowest BCUT2D eigenvalue weighted by Gasteiger charge is -2.26. The zero-order chi connectivity index (χ0) is 29.4. The van der Waals surface area contributed by atoms with Crippen LogP contribution in [0, 0.1) is 5.82 Å². The zero-order valence-corrected chi connectivity index (χ0v) is 26.4. The Balaban J connectivity index is 1.15. The van der Waals surface area contributed by atoms with Crippen molar-refractivity contribution in [2.75, 3.05) is 11.9 Å². The Kier molecular flexibility index (Phi) is 6.32. The summed E-state index contributed by atoms with van der Waals surface area (Å²) in [5.41, 5.74) is 6.20. The predicted octanol–water partition coefficient (Wildman–Crippen LogP) is 12.9. The maximum atomic E-state index is 14.1. The van der Waals surface area contributed by atoms with E-state index in [-0.39, 0.29) is 5.82 Å². The fourth-order valence-electron chi connectivity index (χ4n) is 7.56. The lowest BCUT2D eigenvalue weighted by atomic mass is 9.85. The van der Waals surface area contributed by atoms with Gasteiger partial charge in [0.15, 0.2) is 0 Å². The van der Waals surface area contributed by atoms with E-state index in [0.717, 1.165) is 17.0 Å². The quantitative estimate of drug-likeness (QED) is 0.105. The van der Waals surface area contributed by atoms with Crippen molar-refractivity contribution in [2.45, 2.75) is 65.0 Å². The molecule has 216 valence electrons. The molecule has 0 amide bonds. The average Bonchev–Trinajstić information content (AvgIpc) is 3.05. The second-order valence-electron chi connectivity index (χ2n) is 12.3. The molecule has 0 saturated heterocycles. The van der Waals surface area contributed by atoms with Gasteiger partial charge in [-0.3, -0.25) is 0 Å². The highest BCUT2D eigenvalue weighted by Gasteiger charge is 2.26. The molecule has 0 saturated carbocycles. The summed E-state index contributed by atoms with van der Waals surface area (Å²) in [5.74, 6) is -0.181. The SMILES string of the molecule is CCCCCCCCNc1ccc2c(c1)Sc1ccc3c4ccc5c6c(ccc(c7ccc-2c1c37)c64)Sc1cc(F)ccc1-5. The maximum absolute atomic E-state index is 14.1. The van der Waals surface area contributed by atoms with E-state index in [2.05, 4.69) is 79.0 Å². The molecule has 44 heavy (non-hydrogen) atoms. The molecular formula is C40H32FNS2. The van der Waals surface area contributed by atoms with Crippen LogP contribution in [0.25, 0.3) is 65.3 Å². The zero-order valence-electron chi connectivity index (χ0n) is 24.7. The van der Waals surface area contributed by atoms with Gasteiger partial charge < -0.3 is 5.32 Å². The second kappa shape index (κ2) is 10.4. The van der Waals surface area contributed by atoms with Crippen molar-refractivity contribution in [1.29, 1.82) is 0 Å². The number of hydrogen-bond acceptors (Lipinski definition) is 3. The summed E-state index contributed by atoms with van der Waals surface area (Å²) in [6.07, 6.45) is 7.89. The molecule has 2 aliphatic rings. The van der Waals surface area contributed by atoms with Crippen molar-refractivity contribution in [2.24, 2.45) is 0 Å². The minimum absolute atomic E-state index is 0.181. The first-order valence-corrected chi connectivity index (χ1v) is 17.6. The third-order valence-electron chi connectivity index (χ3n) is 9.63. The van der Waals surface area contributed by atoms with Crippen molar-refractivity contribution >= 4 is 72.3 Å². The van der Waals surface area contributed by atoms with Crippen molar-refractivity contribution in [3.8, 4) is 22.3 Å². The van der Waals surface area contributed by atoms with Gasteiger partial charge in [0.25, 0.3) is 0 Å². The van der Waals surface area contributed by atoms with Gasteiger partial charge in [0.1, 0.15) is 5.82 Å². The highest BCUT2D eigenvalue weighted by atomic mass is 32.2. The van der Waals surface area contributed by atoms with Crippen molar-refractivity contribution in [1.82, 2.24) is 0 Å². The molecular weight excluding hydrogens is 578 g/mol. The molecule has 0 aromatic heterocycles. The summed E-state index contributed by atoms with van der Waals surface area (Å²) >= 11 is 3.59. The fourth-order valence-corrected chi connectivity index (χ4v) is 9.87. The van der Waals surface area contributed by atoms with Gasteiger partial charge in [-0.1, -0.05) is 111 Å². The first kappa shape index (κ1) is 26.7. The number of rotatable bonds is 8. The molecule has 4 heteroatoms.